The predicted octanol–water partition coefficient (Wildman–Crippen LogP) is 1.43. The monoisotopic (exact) mass is 201 g/mol. The van der Waals surface area contributed by atoms with Gasteiger partial charge in [-0.3, -0.25) is 0 Å². The minimum atomic E-state index is 0.344. The normalized spacial score (nSPS) is 20.8. The van der Waals surface area contributed by atoms with E-state index in [0.29, 0.717) is 12.1 Å². The lowest BCUT2D eigenvalue weighted by Gasteiger charge is -2.26. The van der Waals surface area contributed by atoms with Crippen LogP contribution in [0.5, 0.6) is 0 Å². The van der Waals surface area contributed by atoms with Gasteiger partial charge in [0.1, 0.15) is 0 Å². The zero-order chi connectivity index (χ0) is 10.4. The molecule has 0 spiro atoms. The van der Waals surface area contributed by atoms with Crippen LogP contribution in [0.15, 0.2) is 0 Å². The van der Waals surface area contributed by atoms with Crippen LogP contribution in [0.1, 0.15) is 26.7 Å². The highest BCUT2D eigenvalue weighted by molar-refractivity contribution is 4.89. The van der Waals surface area contributed by atoms with Crippen molar-refractivity contribution in [2.75, 3.05) is 26.9 Å². The molecule has 0 heterocycles. The Kier molecular flexibility index (Phi) is 5.45. The Hall–Kier alpha value is -0.120. The van der Waals surface area contributed by atoms with Crippen LogP contribution in [0, 0.1) is 5.92 Å². The molecule has 0 bridgehead atoms. The molecule has 2 unspecified atom stereocenters. The van der Waals surface area contributed by atoms with E-state index in [9.17, 15) is 0 Å². The average Bonchev–Trinajstić information content (AvgIpc) is 3.00. The SMILES string of the molecule is CCOCC(NC)C(OCC)C1CC1. The molecule has 3 nitrogen and oxygen atoms in total. The third kappa shape index (κ3) is 3.56. The standard InChI is InChI=1S/C11H23NO2/c1-4-13-8-10(12-3)11(14-5-2)9-6-7-9/h9-12H,4-8H2,1-3H3. The Labute approximate surface area is 87.2 Å². The largest absolute Gasteiger partial charge is 0.380 e. The molecule has 2 atom stereocenters. The number of nitrogens with one attached hydrogen (secondary N) is 1. The Morgan fingerprint density at radius 2 is 2.00 bits per heavy atom. The molecule has 3 heteroatoms. The summed E-state index contributed by atoms with van der Waals surface area (Å²) in [5.74, 6) is 0.757. The van der Waals surface area contributed by atoms with Crippen molar-refractivity contribution in [3.63, 3.8) is 0 Å². The highest BCUT2D eigenvalue weighted by Gasteiger charge is 2.36. The fraction of sp³-hybridized carbons (Fsp3) is 1.00. The van der Waals surface area contributed by atoms with Crippen LogP contribution in [0.2, 0.25) is 0 Å². The predicted molar refractivity (Wildman–Crippen MR) is 57.5 cm³/mol. The maximum atomic E-state index is 5.77. The number of rotatable bonds is 8. The maximum Gasteiger partial charge on any atom is 0.0778 e. The summed E-state index contributed by atoms with van der Waals surface area (Å²) < 4.78 is 11.2. The number of likely N-dealkylation sites (N-methyl/N-ethyl adjacent to an activating group) is 1. The van der Waals surface area contributed by atoms with E-state index in [4.69, 9.17) is 9.47 Å². The molecule has 0 saturated heterocycles. The number of hydrogen-bond donors (Lipinski definition) is 1. The zero-order valence-electron chi connectivity index (χ0n) is 9.58. The van der Waals surface area contributed by atoms with Crippen molar-refractivity contribution >= 4 is 0 Å². The van der Waals surface area contributed by atoms with Gasteiger partial charge in [0.2, 0.25) is 0 Å². The van der Waals surface area contributed by atoms with Crippen LogP contribution in [0.25, 0.3) is 0 Å². The average molecular weight is 201 g/mol. The van der Waals surface area contributed by atoms with Crippen molar-refractivity contribution in [1.29, 1.82) is 0 Å². The molecular weight excluding hydrogens is 178 g/mol. The van der Waals surface area contributed by atoms with Crippen molar-refractivity contribution in [3.8, 4) is 0 Å². The fourth-order valence-electron chi connectivity index (χ4n) is 1.79. The molecule has 0 amide bonds. The van der Waals surface area contributed by atoms with E-state index in [1.807, 2.05) is 14.0 Å². The first kappa shape index (κ1) is 12.0. The van der Waals surface area contributed by atoms with Crippen LogP contribution in [0.3, 0.4) is 0 Å². The molecule has 0 aliphatic heterocycles. The second-order valence-electron chi connectivity index (χ2n) is 3.81. The lowest BCUT2D eigenvalue weighted by molar-refractivity contribution is -0.00740. The number of hydrogen-bond acceptors (Lipinski definition) is 3. The van der Waals surface area contributed by atoms with E-state index in [-0.39, 0.29) is 0 Å². The molecule has 1 saturated carbocycles. The van der Waals surface area contributed by atoms with Gasteiger partial charge in [-0.05, 0) is 39.7 Å². The van der Waals surface area contributed by atoms with Gasteiger partial charge in [0, 0.05) is 13.2 Å². The molecule has 0 aromatic carbocycles. The minimum absolute atomic E-state index is 0.344. The van der Waals surface area contributed by atoms with Gasteiger partial charge in [-0.2, -0.15) is 0 Å². The van der Waals surface area contributed by atoms with Crippen molar-refractivity contribution in [1.82, 2.24) is 5.32 Å². The van der Waals surface area contributed by atoms with Gasteiger partial charge in [-0.25, -0.2) is 0 Å². The molecule has 0 aromatic rings. The summed E-state index contributed by atoms with van der Waals surface area (Å²) in [5.41, 5.74) is 0. The Bertz CT molecular complexity index is 148. The van der Waals surface area contributed by atoms with Gasteiger partial charge in [0.05, 0.1) is 18.8 Å². The molecule has 0 aromatic heterocycles. The lowest BCUT2D eigenvalue weighted by Crippen LogP contribution is -2.44. The van der Waals surface area contributed by atoms with E-state index in [1.165, 1.54) is 12.8 Å². The zero-order valence-corrected chi connectivity index (χ0v) is 9.58. The van der Waals surface area contributed by atoms with E-state index in [2.05, 4.69) is 12.2 Å². The minimum Gasteiger partial charge on any atom is -0.380 e. The fourth-order valence-corrected chi connectivity index (χ4v) is 1.79. The second kappa shape index (κ2) is 6.38. The summed E-state index contributed by atoms with van der Waals surface area (Å²) in [6, 6.07) is 0.349. The summed E-state index contributed by atoms with van der Waals surface area (Å²) in [5, 5.41) is 3.29. The summed E-state index contributed by atoms with van der Waals surface area (Å²) in [6.45, 7) is 6.42. The van der Waals surface area contributed by atoms with Crippen LogP contribution < -0.4 is 5.32 Å². The van der Waals surface area contributed by atoms with Gasteiger partial charge in [-0.1, -0.05) is 0 Å². The van der Waals surface area contributed by atoms with Gasteiger partial charge < -0.3 is 14.8 Å². The van der Waals surface area contributed by atoms with E-state index >= 15 is 0 Å². The molecule has 0 radical (unpaired) electrons. The lowest BCUT2D eigenvalue weighted by atomic mass is 10.1. The molecule has 1 rings (SSSR count). The quantitative estimate of drug-likeness (QED) is 0.644. The van der Waals surface area contributed by atoms with E-state index < -0.39 is 0 Å². The number of ether oxygens (including phenoxy) is 2. The topological polar surface area (TPSA) is 30.5 Å². The molecular formula is C11H23NO2. The van der Waals surface area contributed by atoms with E-state index in [0.717, 1.165) is 25.7 Å². The summed E-state index contributed by atoms with van der Waals surface area (Å²) in [6.07, 6.45) is 2.97. The first-order valence-electron chi connectivity index (χ1n) is 5.70. The van der Waals surface area contributed by atoms with Gasteiger partial charge in [-0.15, -0.1) is 0 Å². The van der Waals surface area contributed by atoms with Crippen molar-refractivity contribution in [2.24, 2.45) is 5.92 Å². The van der Waals surface area contributed by atoms with Crippen molar-refractivity contribution in [2.45, 2.75) is 38.8 Å². The van der Waals surface area contributed by atoms with Gasteiger partial charge in [0.25, 0.3) is 0 Å². The van der Waals surface area contributed by atoms with Crippen LogP contribution >= 0.6 is 0 Å². The Morgan fingerprint density at radius 3 is 2.43 bits per heavy atom. The molecule has 84 valence electrons. The van der Waals surface area contributed by atoms with E-state index in [1.54, 1.807) is 0 Å². The first-order valence-corrected chi connectivity index (χ1v) is 5.70. The molecule has 1 N–H and O–H groups in total. The highest BCUT2D eigenvalue weighted by Crippen LogP contribution is 2.35. The maximum absolute atomic E-state index is 5.77. The highest BCUT2D eigenvalue weighted by atomic mass is 16.5. The van der Waals surface area contributed by atoms with Crippen molar-refractivity contribution in [3.05, 3.63) is 0 Å². The summed E-state index contributed by atoms with van der Waals surface area (Å²) in [7, 11) is 1.98. The Balaban J connectivity index is 2.35. The molecule has 1 aliphatic rings. The van der Waals surface area contributed by atoms with Crippen LogP contribution in [-0.4, -0.2) is 39.0 Å². The second-order valence-corrected chi connectivity index (χ2v) is 3.81. The third-order valence-corrected chi connectivity index (χ3v) is 2.71. The smallest absolute Gasteiger partial charge is 0.0778 e. The Morgan fingerprint density at radius 1 is 1.29 bits per heavy atom. The molecule has 14 heavy (non-hydrogen) atoms. The third-order valence-electron chi connectivity index (χ3n) is 2.71. The van der Waals surface area contributed by atoms with Crippen LogP contribution in [-0.2, 0) is 9.47 Å². The van der Waals surface area contributed by atoms with Crippen molar-refractivity contribution < 1.29 is 9.47 Å². The summed E-state index contributed by atoms with van der Waals surface area (Å²) in [4.78, 5) is 0. The van der Waals surface area contributed by atoms with Gasteiger partial charge in [0.15, 0.2) is 0 Å². The first-order chi connectivity index (χ1) is 6.83. The summed E-state index contributed by atoms with van der Waals surface area (Å²) >= 11 is 0. The molecule has 1 fully saturated rings. The molecule has 1 aliphatic carbocycles. The van der Waals surface area contributed by atoms with Gasteiger partial charge >= 0.3 is 0 Å². The van der Waals surface area contributed by atoms with Crippen LogP contribution in [0.4, 0.5) is 0 Å².